The zero-order chi connectivity index (χ0) is 25.0. The minimum Gasteiger partial charge on any atom is -0.392 e. The van der Waals surface area contributed by atoms with Crippen LogP contribution >= 0.6 is 0 Å². The molecule has 35 heavy (non-hydrogen) atoms. The fourth-order valence-electron chi connectivity index (χ4n) is 10.6. The standard InChI is InChI=1S/C34H54O/c1-22(2)8-7-9-24(4)27-16-17-28-26-14-15-30-32(25-12-10-23(3)11-13-25)31(35)19-21-34(30,6)29(26)18-20-33(27,28)5/h10-13,22,24,26-32,35H,7-9,14-21H2,1-6H3/t24-,26+,27-,28+,29+,30?,31?,32?,33-,34-/m1/s1. The Balaban J connectivity index is 1.34. The molecule has 1 aromatic rings. The van der Waals surface area contributed by atoms with Crippen LogP contribution in [0.2, 0.25) is 0 Å². The molecule has 1 nitrogen and oxygen atoms in total. The summed E-state index contributed by atoms with van der Waals surface area (Å²) in [6.45, 7) is 14.9. The van der Waals surface area contributed by atoms with Crippen LogP contribution < -0.4 is 0 Å². The van der Waals surface area contributed by atoms with Crippen LogP contribution in [0.1, 0.15) is 122 Å². The second kappa shape index (κ2) is 9.81. The lowest BCUT2D eigenvalue weighted by Gasteiger charge is -2.63. The molecular formula is C34H54O. The lowest BCUT2D eigenvalue weighted by molar-refractivity contribution is -0.138. The molecule has 5 rings (SSSR count). The summed E-state index contributed by atoms with van der Waals surface area (Å²) in [6.07, 6.45) is 14.9. The molecule has 4 aliphatic rings. The predicted molar refractivity (Wildman–Crippen MR) is 148 cm³/mol. The van der Waals surface area contributed by atoms with E-state index in [-0.39, 0.29) is 6.10 Å². The Bertz CT molecular complexity index is 856. The van der Waals surface area contributed by atoms with Gasteiger partial charge in [0.15, 0.2) is 0 Å². The molecule has 3 unspecified atom stereocenters. The zero-order valence-electron chi connectivity index (χ0n) is 23.7. The van der Waals surface area contributed by atoms with Crippen LogP contribution in [-0.4, -0.2) is 11.2 Å². The fourth-order valence-corrected chi connectivity index (χ4v) is 10.6. The minimum atomic E-state index is -0.163. The van der Waals surface area contributed by atoms with Gasteiger partial charge in [-0.05, 0) is 116 Å². The van der Waals surface area contributed by atoms with Crippen molar-refractivity contribution in [2.75, 3.05) is 0 Å². The topological polar surface area (TPSA) is 20.2 Å². The summed E-state index contributed by atoms with van der Waals surface area (Å²) in [5.74, 6) is 6.40. The van der Waals surface area contributed by atoms with E-state index >= 15 is 0 Å². The quantitative estimate of drug-likeness (QED) is 0.432. The van der Waals surface area contributed by atoms with Crippen molar-refractivity contribution in [1.29, 1.82) is 0 Å². The first-order valence-electron chi connectivity index (χ1n) is 15.4. The molecule has 10 atom stereocenters. The first-order chi connectivity index (χ1) is 16.6. The molecule has 1 aromatic carbocycles. The van der Waals surface area contributed by atoms with Crippen LogP contribution in [0.5, 0.6) is 0 Å². The molecule has 196 valence electrons. The van der Waals surface area contributed by atoms with Crippen molar-refractivity contribution in [2.45, 2.75) is 124 Å². The Hall–Kier alpha value is -0.820. The van der Waals surface area contributed by atoms with Crippen LogP contribution in [0.15, 0.2) is 24.3 Å². The van der Waals surface area contributed by atoms with Crippen LogP contribution in [0, 0.1) is 59.2 Å². The molecule has 4 saturated carbocycles. The summed E-state index contributed by atoms with van der Waals surface area (Å²) in [7, 11) is 0. The van der Waals surface area contributed by atoms with E-state index in [2.05, 4.69) is 65.8 Å². The number of aryl methyl sites for hydroxylation is 1. The molecule has 0 radical (unpaired) electrons. The summed E-state index contributed by atoms with van der Waals surface area (Å²) in [6, 6.07) is 9.15. The van der Waals surface area contributed by atoms with Crippen molar-refractivity contribution in [3.05, 3.63) is 35.4 Å². The second-order valence-corrected chi connectivity index (χ2v) is 14.6. The fraction of sp³-hybridized carbons (Fsp3) is 0.824. The van der Waals surface area contributed by atoms with E-state index in [1.165, 1.54) is 75.3 Å². The average Bonchev–Trinajstić information content (AvgIpc) is 3.17. The third kappa shape index (κ3) is 4.45. The SMILES string of the molecule is Cc1ccc(C2C(O)CC[C@@]3(C)C2CC[C@H]2[C@@H]4CC[C@H]([C@H](C)CCCC(C)C)[C@@]4(C)CC[C@@H]23)cc1. The Morgan fingerprint density at radius 3 is 2.17 bits per heavy atom. The Labute approximate surface area is 216 Å². The first kappa shape index (κ1) is 25.8. The number of aliphatic hydroxyl groups excluding tert-OH is 1. The molecule has 0 heterocycles. The zero-order valence-corrected chi connectivity index (χ0v) is 23.7. The third-order valence-electron chi connectivity index (χ3n) is 12.4. The number of hydrogen-bond donors (Lipinski definition) is 1. The van der Waals surface area contributed by atoms with Crippen LogP contribution in [0.25, 0.3) is 0 Å². The lowest BCUT2D eigenvalue weighted by atomic mass is 9.42. The van der Waals surface area contributed by atoms with Crippen molar-refractivity contribution in [2.24, 2.45) is 52.3 Å². The first-order valence-corrected chi connectivity index (χ1v) is 15.4. The van der Waals surface area contributed by atoms with Crippen molar-refractivity contribution in [3.8, 4) is 0 Å². The van der Waals surface area contributed by atoms with Crippen molar-refractivity contribution >= 4 is 0 Å². The van der Waals surface area contributed by atoms with Crippen molar-refractivity contribution in [3.63, 3.8) is 0 Å². The van der Waals surface area contributed by atoms with E-state index in [9.17, 15) is 5.11 Å². The van der Waals surface area contributed by atoms with E-state index in [1.807, 2.05) is 0 Å². The van der Waals surface area contributed by atoms with E-state index in [0.717, 1.165) is 41.9 Å². The number of fused-ring (bicyclic) bond motifs is 5. The Kier molecular flexibility index (Phi) is 7.24. The smallest absolute Gasteiger partial charge is 0.0611 e. The summed E-state index contributed by atoms with van der Waals surface area (Å²) < 4.78 is 0. The van der Waals surface area contributed by atoms with E-state index in [4.69, 9.17) is 0 Å². The van der Waals surface area contributed by atoms with Crippen LogP contribution in [0.3, 0.4) is 0 Å². The molecule has 0 aliphatic heterocycles. The summed E-state index contributed by atoms with van der Waals surface area (Å²) in [5.41, 5.74) is 3.70. The highest BCUT2D eigenvalue weighted by Crippen LogP contribution is 2.69. The molecule has 0 saturated heterocycles. The third-order valence-corrected chi connectivity index (χ3v) is 12.4. The summed E-state index contributed by atoms with van der Waals surface area (Å²) >= 11 is 0. The number of hydrogen-bond acceptors (Lipinski definition) is 1. The highest BCUT2D eigenvalue weighted by atomic mass is 16.3. The van der Waals surface area contributed by atoms with Crippen LogP contribution in [0.4, 0.5) is 0 Å². The normalized spacial score (nSPS) is 43.9. The van der Waals surface area contributed by atoms with E-state index in [1.54, 1.807) is 0 Å². The molecular weight excluding hydrogens is 424 g/mol. The van der Waals surface area contributed by atoms with Crippen LogP contribution in [-0.2, 0) is 0 Å². The average molecular weight is 479 g/mol. The van der Waals surface area contributed by atoms with Gasteiger partial charge in [-0.3, -0.25) is 0 Å². The molecule has 4 aliphatic carbocycles. The van der Waals surface area contributed by atoms with Gasteiger partial charge < -0.3 is 5.11 Å². The van der Waals surface area contributed by atoms with Crippen molar-refractivity contribution in [1.82, 2.24) is 0 Å². The van der Waals surface area contributed by atoms with Gasteiger partial charge in [-0.2, -0.15) is 0 Å². The van der Waals surface area contributed by atoms with Gasteiger partial charge in [0, 0.05) is 5.92 Å². The summed E-state index contributed by atoms with van der Waals surface area (Å²) in [4.78, 5) is 0. The lowest BCUT2D eigenvalue weighted by Crippen LogP contribution is -2.56. The van der Waals surface area contributed by atoms with E-state index in [0.29, 0.717) is 22.7 Å². The molecule has 0 amide bonds. The van der Waals surface area contributed by atoms with Gasteiger partial charge in [0.2, 0.25) is 0 Å². The van der Waals surface area contributed by atoms with Gasteiger partial charge >= 0.3 is 0 Å². The molecule has 4 fully saturated rings. The predicted octanol–water partition coefficient (Wildman–Crippen LogP) is 9.17. The Morgan fingerprint density at radius 1 is 0.800 bits per heavy atom. The van der Waals surface area contributed by atoms with Gasteiger partial charge in [-0.15, -0.1) is 0 Å². The summed E-state index contributed by atoms with van der Waals surface area (Å²) in [5, 5.41) is 11.2. The minimum absolute atomic E-state index is 0.163. The molecule has 0 bridgehead atoms. The molecule has 1 heteroatoms. The number of rotatable bonds is 6. The van der Waals surface area contributed by atoms with Gasteiger partial charge in [0.1, 0.15) is 0 Å². The molecule has 0 spiro atoms. The monoisotopic (exact) mass is 478 g/mol. The highest BCUT2D eigenvalue weighted by Gasteiger charge is 2.62. The van der Waals surface area contributed by atoms with Gasteiger partial charge in [-0.1, -0.05) is 83.7 Å². The number of aliphatic hydroxyl groups is 1. The number of benzene rings is 1. The molecule has 1 N–H and O–H groups in total. The van der Waals surface area contributed by atoms with Crippen molar-refractivity contribution < 1.29 is 5.11 Å². The van der Waals surface area contributed by atoms with Gasteiger partial charge in [-0.25, -0.2) is 0 Å². The maximum atomic E-state index is 11.2. The maximum absolute atomic E-state index is 11.2. The molecule has 0 aromatic heterocycles. The largest absolute Gasteiger partial charge is 0.392 e. The van der Waals surface area contributed by atoms with Gasteiger partial charge in [0.25, 0.3) is 0 Å². The highest BCUT2D eigenvalue weighted by molar-refractivity contribution is 5.28. The van der Waals surface area contributed by atoms with Gasteiger partial charge in [0.05, 0.1) is 6.10 Å². The second-order valence-electron chi connectivity index (χ2n) is 14.6. The maximum Gasteiger partial charge on any atom is 0.0611 e. The Morgan fingerprint density at radius 2 is 1.46 bits per heavy atom. The van der Waals surface area contributed by atoms with E-state index < -0.39 is 0 Å².